The van der Waals surface area contributed by atoms with E-state index in [0.29, 0.717) is 15.6 Å². The van der Waals surface area contributed by atoms with Crippen LogP contribution in [0.2, 0.25) is 0 Å². The fourth-order valence-corrected chi connectivity index (χ4v) is 3.07. The largest absolute Gasteiger partial charge is 0.484 e. The van der Waals surface area contributed by atoms with E-state index in [1.165, 1.54) is 12.1 Å². The molecule has 0 heterocycles. The quantitative estimate of drug-likeness (QED) is 0.451. The number of alkyl halides is 4. The Morgan fingerprint density at radius 2 is 1.38 bits per heavy atom. The topological polar surface area (TPSA) is 52.6 Å². The Labute approximate surface area is 156 Å². The SMILES string of the molecule is Cc1cc(C)cc(OS(=O)(=O)C(F)(F)C(F)(F)Oc2ccc(Br)cc2)c1. The van der Waals surface area contributed by atoms with Crippen molar-refractivity contribution in [1.29, 1.82) is 0 Å². The first kappa shape index (κ1) is 20.5. The van der Waals surface area contributed by atoms with Gasteiger partial charge in [0.15, 0.2) is 0 Å². The molecular weight excluding hydrogens is 444 g/mol. The minimum atomic E-state index is -6.05. The molecule has 0 aromatic heterocycles. The molecule has 0 amide bonds. The van der Waals surface area contributed by atoms with Gasteiger partial charge in [-0.15, -0.1) is 0 Å². The second-order valence-corrected chi connectivity index (χ2v) is 7.95. The Bertz CT molecular complexity index is 879. The van der Waals surface area contributed by atoms with E-state index in [1.807, 2.05) is 0 Å². The Morgan fingerprint density at radius 1 is 0.885 bits per heavy atom. The standard InChI is InChI=1S/C16H13BrF4O4S/c1-10-7-11(2)9-14(8-10)25-26(22,23)16(20,21)15(18,19)24-13-5-3-12(17)4-6-13/h3-9H,1-2H3. The number of ether oxygens (including phenoxy) is 1. The third-order valence-corrected chi connectivity index (χ3v) is 4.92. The van der Waals surface area contributed by atoms with Crippen molar-refractivity contribution in [3.63, 3.8) is 0 Å². The van der Waals surface area contributed by atoms with E-state index in [0.717, 1.165) is 24.3 Å². The van der Waals surface area contributed by atoms with E-state index in [4.69, 9.17) is 0 Å². The molecule has 0 bridgehead atoms. The van der Waals surface area contributed by atoms with Gasteiger partial charge in [0.05, 0.1) is 0 Å². The fraction of sp³-hybridized carbons (Fsp3) is 0.250. The molecule has 0 spiro atoms. The van der Waals surface area contributed by atoms with Crippen molar-refractivity contribution in [1.82, 2.24) is 0 Å². The maximum Gasteiger partial charge on any atom is 0.484 e. The Morgan fingerprint density at radius 3 is 1.88 bits per heavy atom. The average molecular weight is 457 g/mol. The average Bonchev–Trinajstić information content (AvgIpc) is 2.47. The van der Waals surface area contributed by atoms with Crippen molar-refractivity contribution >= 4 is 26.0 Å². The Hall–Kier alpha value is -1.81. The summed E-state index contributed by atoms with van der Waals surface area (Å²) in [5, 5.41) is -5.63. The molecule has 0 fully saturated rings. The molecule has 0 unspecified atom stereocenters. The molecule has 0 saturated heterocycles. The fourth-order valence-electron chi connectivity index (χ4n) is 2.02. The molecular formula is C16H13BrF4O4S. The van der Waals surface area contributed by atoms with Gasteiger partial charge in [-0.25, -0.2) is 0 Å². The van der Waals surface area contributed by atoms with E-state index < -0.39 is 33.0 Å². The van der Waals surface area contributed by atoms with E-state index in [9.17, 15) is 26.0 Å². The van der Waals surface area contributed by atoms with Crippen molar-refractivity contribution < 1.29 is 34.9 Å². The summed E-state index contributed by atoms with van der Waals surface area (Å²) in [6.45, 7) is 3.13. The van der Waals surface area contributed by atoms with Crippen LogP contribution in [0.15, 0.2) is 46.9 Å². The van der Waals surface area contributed by atoms with Gasteiger partial charge < -0.3 is 8.92 Å². The summed E-state index contributed by atoms with van der Waals surface area (Å²) in [4.78, 5) is 0. The molecule has 2 aromatic rings. The van der Waals surface area contributed by atoms with Gasteiger partial charge in [-0.3, -0.25) is 0 Å². The Balaban J connectivity index is 2.31. The van der Waals surface area contributed by atoms with E-state index in [1.54, 1.807) is 19.9 Å². The number of hydrogen-bond acceptors (Lipinski definition) is 4. The summed E-state index contributed by atoms with van der Waals surface area (Å²) < 4.78 is 88.1. The zero-order chi connectivity index (χ0) is 19.8. The van der Waals surface area contributed by atoms with Crippen molar-refractivity contribution in [2.45, 2.75) is 25.2 Å². The lowest BCUT2D eigenvalue weighted by atomic mass is 10.1. The van der Waals surface area contributed by atoms with Crippen LogP contribution in [0.1, 0.15) is 11.1 Å². The summed E-state index contributed by atoms with van der Waals surface area (Å²) in [5.74, 6) is -1.14. The van der Waals surface area contributed by atoms with E-state index >= 15 is 0 Å². The number of hydrogen-bond donors (Lipinski definition) is 0. The molecule has 26 heavy (non-hydrogen) atoms. The minimum absolute atomic E-state index is 0.491. The van der Waals surface area contributed by atoms with Gasteiger partial charge in [0.1, 0.15) is 11.5 Å². The number of halogens is 5. The van der Waals surface area contributed by atoms with Gasteiger partial charge in [-0.2, -0.15) is 26.0 Å². The van der Waals surface area contributed by atoms with Crippen molar-refractivity contribution in [2.75, 3.05) is 0 Å². The van der Waals surface area contributed by atoms with Crippen LogP contribution >= 0.6 is 15.9 Å². The molecule has 142 valence electrons. The first-order chi connectivity index (χ1) is 11.8. The summed E-state index contributed by atoms with van der Waals surface area (Å²) in [5.41, 5.74) is 1.02. The molecule has 2 aromatic carbocycles. The monoisotopic (exact) mass is 456 g/mol. The molecule has 0 atom stereocenters. The van der Waals surface area contributed by atoms with Crippen LogP contribution in [0.5, 0.6) is 11.5 Å². The van der Waals surface area contributed by atoms with Gasteiger partial charge in [-0.05, 0) is 61.4 Å². The van der Waals surface area contributed by atoms with Gasteiger partial charge >= 0.3 is 21.5 Å². The molecule has 0 N–H and O–H groups in total. The van der Waals surface area contributed by atoms with Crippen LogP contribution in [0.3, 0.4) is 0 Å². The van der Waals surface area contributed by atoms with Crippen molar-refractivity contribution in [2.24, 2.45) is 0 Å². The predicted molar refractivity (Wildman–Crippen MR) is 90.1 cm³/mol. The Kier molecular flexibility index (Phi) is 5.57. The highest BCUT2D eigenvalue weighted by molar-refractivity contribution is 9.10. The zero-order valence-electron chi connectivity index (χ0n) is 13.5. The molecule has 0 radical (unpaired) electrons. The highest BCUT2D eigenvalue weighted by Gasteiger charge is 2.70. The van der Waals surface area contributed by atoms with Crippen molar-refractivity contribution in [3.8, 4) is 11.5 Å². The molecule has 0 aliphatic carbocycles. The predicted octanol–water partition coefficient (Wildman–Crippen LogP) is 5.04. The highest BCUT2D eigenvalue weighted by atomic mass is 79.9. The van der Waals surface area contributed by atoms with Gasteiger partial charge in [0.2, 0.25) is 0 Å². The van der Waals surface area contributed by atoms with Gasteiger partial charge in [0.25, 0.3) is 0 Å². The van der Waals surface area contributed by atoms with Crippen LogP contribution in [-0.2, 0) is 10.1 Å². The highest BCUT2D eigenvalue weighted by Crippen LogP contribution is 2.41. The molecule has 10 heteroatoms. The summed E-state index contributed by atoms with van der Waals surface area (Å²) in [7, 11) is -6.05. The molecule has 0 aliphatic heterocycles. The van der Waals surface area contributed by atoms with Gasteiger partial charge in [0, 0.05) is 4.47 Å². The van der Waals surface area contributed by atoms with Crippen LogP contribution < -0.4 is 8.92 Å². The summed E-state index contributed by atoms with van der Waals surface area (Å²) in [6, 6.07) is 8.39. The molecule has 4 nitrogen and oxygen atoms in total. The third-order valence-electron chi connectivity index (χ3n) is 3.11. The number of benzene rings is 2. The normalized spacial score (nSPS) is 12.7. The van der Waals surface area contributed by atoms with Crippen LogP contribution in [0.4, 0.5) is 17.6 Å². The van der Waals surface area contributed by atoms with E-state index in [2.05, 4.69) is 24.8 Å². The van der Waals surface area contributed by atoms with Crippen LogP contribution in [0.25, 0.3) is 0 Å². The number of rotatable bonds is 6. The third kappa shape index (κ3) is 4.29. The van der Waals surface area contributed by atoms with Crippen LogP contribution in [-0.4, -0.2) is 19.8 Å². The smallest absolute Gasteiger partial charge is 0.427 e. The lowest BCUT2D eigenvalue weighted by Crippen LogP contribution is -2.52. The first-order valence-electron chi connectivity index (χ1n) is 7.06. The van der Waals surface area contributed by atoms with E-state index in [-0.39, 0.29) is 0 Å². The maximum atomic E-state index is 14.0. The molecule has 0 saturated carbocycles. The first-order valence-corrected chi connectivity index (χ1v) is 9.27. The van der Waals surface area contributed by atoms with Crippen LogP contribution in [0, 0.1) is 13.8 Å². The second-order valence-electron chi connectivity index (χ2n) is 5.45. The minimum Gasteiger partial charge on any atom is -0.427 e. The lowest BCUT2D eigenvalue weighted by molar-refractivity contribution is -0.274. The molecule has 2 rings (SSSR count). The lowest BCUT2D eigenvalue weighted by Gasteiger charge is -2.25. The maximum absolute atomic E-state index is 14.0. The second kappa shape index (κ2) is 7.07. The van der Waals surface area contributed by atoms with Crippen molar-refractivity contribution in [3.05, 3.63) is 58.1 Å². The number of aryl methyl sites for hydroxylation is 2. The molecule has 0 aliphatic rings. The summed E-state index contributed by atoms with van der Waals surface area (Å²) >= 11 is 3.04. The zero-order valence-corrected chi connectivity index (χ0v) is 15.9. The van der Waals surface area contributed by atoms with Gasteiger partial charge in [-0.1, -0.05) is 22.0 Å². The summed E-state index contributed by atoms with van der Waals surface area (Å²) in [6.07, 6.45) is -5.36.